The molecule has 29 heavy (non-hydrogen) atoms. The molecular formula is C19H21N7O3. The van der Waals surface area contributed by atoms with Gasteiger partial charge in [-0.25, -0.2) is 4.98 Å². The Kier molecular flexibility index (Phi) is 4.34. The Balaban J connectivity index is 1.50. The summed E-state index contributed by atoms with van der Waals surface area (Å²) < 4.78 is 20.3. The first-order chi connectivity index (χ1) is 14.1. The summed E-state index contributed by atoms with van der Waals surface area (Å²) in [5.41, 5.74) is 1.94. The predicted molar refractivity (Wildman–Crippen MR) is 103 cm³/mol. The molecule has 0 bridgehead atoms. The molecule has 2 atom stereocenters. The van der Waals surface area contributed by atoms with Crippen molar-refractivity contribution in [1.29, 1.82) is 5.26 Å². The summed E-state index contributed by atoms with van der Waals surface area (Å²) in [7, 11) is 1.82. The van der Waals surface area contributed by atoms with Gasteiger partial charge in [-0.1, -0.05) is 6.92 Å². The summed E-state index contributed by atoms with van der Waals surface area (Å²) in [6, 6.07) is 4.16. The second kappa shape index (κ2) is 7.02. The third-order valence-corrected chi connectivity index (χ3v) is 5.28. The number of anilines is 2. The van der Waals surface area contributed by atoms with Crippen LogP contribution in [0.4, 0.5) is 11.6 Å². The lowest BCUT2D eigenvalue weighted by molar-refractivity contribution is -0.0812. The summed E-state index contributed by atoms with van der Waals surface area (Å²) in [5, 5.41) is 18.0. The standard InChI is InChI=1S/C19H21N7O3/c1-11-7-27-10-16(11)26-13(4-20)3-12-5-21-19(23-17(12)26)22-15-6-25(2)24-18(15)29-14-8-28-9-14/h3,5-6,11,14,16H,7-10H2,1-2H3,(H,21,22,23)/t11-,16+/m1/s1. The van der Waals surface area contributed by atoms with Gasteiger partial charge in [-0.3, -0.25) is 4.68 Å². The number of ether oxygens (including phenoxy) is 3. The lowest BCUT2D eigenvalue weighted by Gasteiger charge is -2.25. The first kappa shape index (κ1) is 17.9. The van der Waals surface area contributed by atoms with Gasteiger partial charge < -0.3 is 24.1 Å². The molecule has 10 nitrogen and oxygen atoms in total. The van der Waals surface area contributed by atoms with Gasteiger partial charge >= 0.3 is 0 Å². The first-order valence-electron chi connectivity index (χ1n) is 9.53. The third-order valence-electron chi connectivity index (χ3n) is 5.28. The highest BCUT2D eigenvalue weighted by molar-refractivity contribution is 5.79. The average Bonchev–Trinajstić information content (AvgIpc) is 3.34. The van der Waals surface area contributed by atoms with Gasteiger partial charge in [-0.15, -0.1) is 5.10 Å². The quantitative estimate of drug-likeness (QED) is 0.696. The van der Waals surface area contributed by atoms with Crippen LogP contribution in [0.2, 0.25) is 0 Å². The van der Waals surface area contributed by atoms with Crippen molar-refractivity contribution in [3.63, 3.8) is 0 Å². The van der Waals surface area contributed by atoms with Crippen molar-refractivity contribution in [1.82, 2.24) is 24.3 Å². The molecule has 2 aliphatic rings. The minimum absolute atomic E-state index is 0.00752. The highest BCUT2D eigenvalue weighted by Gasteiger charge is 2.30. The summed E-state index contributed by atoms with van der Waals surface area (Å²) in [5.74, 6) is 1.19. The van der Waals surface area contributed by atoms with Crippen molar-refractivity contribution in [2.45, 2.75) is 19.1 Å². The van der Waals surface area contributed by atoms with Crippen LogP contribution in [0.15, 0.2) is 18.5 Å². The van der Waals surface area contributed by atoms with E-state index in [1.54, 1.807) is 10.9 Å². The van der Waals surface area contributed by atoms with Crippen LogP contribution in [-0.4, -0.2) is 56.8 Å². The SMILES string of the molecule is C[C@@H]1COC[C@@H]1n1c(C#N)cc2cnc(Nc3cn(C)nc3OC3COC3)nc21. The summed E-state index contributed by atoms with van der Waals surface area (Å²) in [6.07, 6.45) is 3.54. The zero-order chi connectivity index (χ0) is 20.0. The average molecular weight is 395 g/mol. The molecule has 2 fully saturated rings. The Morgan fingerprint density at radius 3 is 2.79 bits per heavy atom. The van der Waals surface area contributed by atoms with Gasteiger partial charge in [0.1, 0.15) is 29.2 Å². The lowest BCUT2D eigenvalue weighted by atomic mass is 10.1. The highest BCUT2D eigenvalue weighted by Crippen LogP contribution is 2.32. The van der Waals surface area contributed by atoms with Gasteiger partial charge in [0.2, 0.25) is 5.95 Å². The smallest absolute Gasteiger partial charge is 0.257 e. The van der Waals surface area contributed by atoms with Crippen molar-refractivity contribution in [2.24, 2.45) is 13.0 Å². The number of hydrogen-bond donors (Lipinski definition) is 1. The summed E-state index contributed by atoms with van der Waals surface area (Å²) >= 11 is 0. The Morgan fingerprint density at radius 1 is 1.28 bits per heavy atom. The van der Waals surface area contributed by atoms with Crippen LogP contribution in [0.25, 0.3) is 11.0 Å². The highest BCUT2D eigenvalue weighted by atomic mass is 16.6. The topological polar surface area (TPSA) is 112 Å². The molecule has 0 spiro atoms. The molecule has 0 aromatic carbocycles. The van der Waals surface area contributed by atoms with E-state index in [2.05, 4.69) is 28.4 Å². The fraction of sp³-hybridized carbons (Fsp3) is 0.474. The maximum atomic E-state index is 9.61. The Labute approximate surface area is 167 Å². The number of aromatic nitrogens is 5. The van der Waals surface area contributed by atoms with Crippen LogP contribution in [-0.2, 0) is 16.5 Å². The number of rotatable bonds is 5. The van der Waals surface area contributed by atoms with Gasteiger partial charge in [0.15, 0.2) is 0 Å². The Bertz CT molecular complexity index is 1100. The maximum Gasteiger partial charge on any atom is 0.257 e. The van der Waals surface area contributed by atoms with E-state index in [9.17, 15) is 5.26 Å². The zero-order valence-electron chi connectivity index (χ0n) is 16.2. The molecule has 10 heteroatoms. The summed E-state index contributed by atoms with van der Waals surface area (Å²) in [6.45, 7) is 4.48. The molecule has 0 amide bonds. The number of nitrogens with one attached hydrogen (secondary N) is 1. The minimum Gasteiger partial charge on any atom is -0.467 e. The van der Waals surface area contributed by atoms with Gasteiger partial charge in [0.25, 0.3) is 5.88 Å². The van der Waals surface area contributed by atoms with Gasteiger partial charge in [-0.05, 0) is 6.07 Å². The van der Waals surface area contributed by atoms with Gasteiger partial charge in [-0.2, -0.15) is 10.2 Å². The number of aryl methyl sites for hydroxylation is 1. The molecular weight excluding hydrogens is 374 g/mol. The van der Waals surface area contributed by atoms with Gasteiger partial charge in [0, 0.05) is 24.5 Å². The van der Waals surface area contributed by atoms with Crippen LogP contribution in [0, 0.1) is 17.2 Å². The number of fused-ring (bicyclic) bond motifs is 1. The largest absolute Gasteiger partial charge is 0.467 e. The van der Waals surface area contributed by atoms with Crippen LogP contribution >= 0.6 is 0 Å². The van der Waals surface area contributed by atoms with E-state index in [0.29, 0.717) is 61.2 Å². The molecule has 5 rings (SSSR count). The van der Waals surface area contributed by atoms with E-state index in [1.807, 2.05) is 23.9 Å². The van der Waals surface area contributed by atoms with E-state index in [1.165, 1.54) is 0 Å². The minimum atomic E-state index is 0.00752. The zero-order valence-corrected chi connectivity index (χ0v) is 16.2. The van der Waals surface area contributed by atoms with Crippen molar-refractivity contribution in [2.75, 3.05) is 31.7 Å². The molecule has 0 radical (unpaired) electrons. The molecule has 2 saturated heterocycles. The fourth-order valence-electron chi connectivity index (χ4n) is 3.67. The van der Waals surface area contributed by atoms with Crippen molar-refractivity contribution in [3.8, 4) is 11.9 Å². The Morgan fingerprint density at radius 2 is 2.10 bits per heavy atom. The van der Waals surface area contributed by atoms with Crippen LogP contribution < -0.4 is 10.1 Å². The van der Waals surface area contributed by atoms with E-state index in [0.717, 1.165) is 5.39 Å². The first-order valence-corrected chi connectivity index (χ1v) is 9.53. The van der Waals surface area contributed by atoms with Crippen LogP contribution in [0.3, 0.4) is 0 Å². The van der Waals surface area contributed by atoms with Crippen molar-refractivity contribution >= 4 is 22.7 Å². The predicted octanol–water partition coefficient (Wildman–Crippen LogP) is 1.77. The number of nitriles is 1. The Hall–Kier alpha value is -3.16. The molecule has 0 aliphatic carbocycles. The number of nitrogens with zero attached hydrogens (tertiary/aromatic N) is 6. The van der Waals surface area contributed by atoms with E-state index in [-0.39, 0.29) is 12.1 Å². The van der Waals surface area contributed by atoms with Crippen molar-refractivity contribution < 1.29 is 14.2 Å². The van der Waals surface area contributed by atoms with Crippen molar-refractivity contribution in [3.05, 3.63) is 24.2 Å². The normalized spacial score (nSPS) is 21.8. The molecule has 1 N–H and O–H groups in total. The fourth-order valence-corrected chi connectivity index (χ4v) is 3.67. The second-order valence-corrected chi connectivity index (χ2v) is 7.49. The lowest BCUT2D eigenvalue weighted by Crippen LogP contribution is -2.38. The summed E-state index contributed by atoms with van der Waals surface area (Å²) in [4.78, 5) is 9.11. The molecule has 150 valence electrons. The number of hydrogen-bond acceptors (Lipinski definition) is 8. The van der Waals surface area contributed by atoms with E-state index >= 15 is 0 Å². The molecule has 3 aromatic rings. The van der Waals surface area contributed by atoms with Crippen LogP contribution in [0.5, 0.6) is 5.88 Å². The van der Waals surface area contributed by atoms with E-state index < -0.39 is 0 Å². The maximum absolute atomic E-state index is 9.61. The second-order valence-electron chi connectivity index (χ2n) is 7.49. The monoisotopic (exact) mass is 395 g/mol. The molecule has 3 aromatic heterocycles. The van der Waals surface area contributed by atoms with Gasteiger partial charge in [0.05, 0.1) is 38.7 Å². The third kappa shape index (κ3) is 3.18. The molecule has 2 aliphatic heterocycles. The van der Waals surface area contributed by atoms with Crippen LogP contribution in [0.1, 0.15) is 18.7 Å². The van der Waals surface area contributed by atoms with E-state index in [4.69, 9.17) is 19.2 Å². The molecule has 0 saturated carbocycles. The molecule has 5 heterocycles. The molecule has 0 unspecified atom stereocenters.